The van der Waals surface area contributed by atoms with Crippen LogP contribution in [0.3, 0.4) is 0 Å². The van der Waals surface area contributed by atoms with Crippen LogP contribution in [0.5, 0.6) is 0 Å². The molecule has 0 radical (unpaired) electrons. The van der Waals surface area contributed by atoms with Crippen LogP contribution in [0.15, 0.2) is 0 Å². The van der Waals surface area contributed by atoms with Crippen LogP contribution in [0, 0.1) is 11.3 Å². The van der Waals surface area contributed by atoms with Crippen molar-refractivity contribution in [3.8, 4) is 0 Å². The number of halogens is 1. The molecule has 1 fully saturated rings. The quantitative estimate of drug-likeness (QED) is 0.798. The standard InChI is InChI=1S/C13H26BrNO2S/c1-11-5-7-13(9-14,8-6-11)15-18(16,17)10-12(2,3)4/h11,15H,5-10H2,1-4H3. The molecule has 3 nitrogen and oxygen atoms in total. The molecule has 0 aromatic rings. The minimum Gasteiger partial charge on any atom is -0.212 e. The van der Waals surface area contributed by atoms with Gasteiger partial charge < -0.3 is 0 Å². The van der Waals surface area contributed by atoms with Gasteiger partial charge in [0.05, 0.1) is 5.75 Å². The Labute approximate surface area is 120 Å². The number of hydrogen-bond acceptors (Lipinski definition) is 2. The van der Waals surface area contributed by atoms with Crippen molar-refractivity contribution in [2.75, 3.05) is 11.1 Å². The average Bonchev–Trinajstić information content (AvgIpc) is 2.18. The van der Waals surface area contributed by atoms with E-state index in [1.165, 1.54) is 0 Å². The highest BCUT2D eigenvalue weighted by Gasteiger charge is 2.37. The maximum Gasteiger partial charge on any atom is 0.212 e. The van der Waals surface area contributed by atoms with E-state index in [1.54, 1.807) is 0 Å². The van der Waals surface area contributed by atoms with Gasteiger partial charge in [-0.25, -0.2) is 13.1 Å². The van der Waals surface area contributed by atoms with Crippen molar-refractivity contribution < 1.29 is 8.42 Å². The van der Waals surface area contributed by atoms with Gasteiger partial charge in [0.25, 0.3) is 0 Å². The summed E-state index contributed by atoms with van der Waals surface area (Å²) in [6, 6.07) is 0. The van der Waals surface area contributed by atoms with Crippen LogP contribution < -0.4 is 4.72 Å². The molecule has 0 bridgehead atoms. The fourth-order valence-corrected chi connectivity index (χ4v) is 5.55. The normalized spacial score (nSPS) is 30.4. The Bertz CT molecular complexity index is 365. The van der Waals surface area contributed by atoms with Gasteiger partial charge in [0.15, 0.2) is 0 Å². The van der Waals surface area contributed by atoms with Gasteiger partial charge in [0.1, 0.15) is 0 Å². The van der Waals surface area contributed by atoms with Crippen LogP contribution in [0.2, 0.25) is 0 Å². The molecule has 0 atom stereocenters. The summed E-state index contributed by atoms with van der Waals surface area (Å²) in [6.45, 7) is 8.10. The Kier molecular flexibility index (Phi) is 5.30. The van der Waals surface area contributed by atoms with E-state index < -0.39 is 10.0 Å². The minimum absolute atomic E-state index is 0.185. The third-order valence-corrected chi connectivity index (χ3v) is 6.55. The third-order valence-electron chi connectivity index (χ3n) is 3.48. The lowest BCUT2D eigenvalue weighted by molar-refractivity contribution is 0.249. The molecule has 18 heavy (non-hydrogen) atoms. The number of hydrogen-bond donors (Lipinski definition) is 1. The lowest BCUT2D eigenvalue weighted by Crippen LogP contribution is -2.53. The minimum atomic E-state index is -3.21. The van der Waals surface area contributed by atoms with Crippen molar-refractivity contribution in [3.05, 3.63) is 0 Å². The van der Waals surface area contributed by atoms with Crippen molar-refractivity contribution in [3.63, 3.8) is 0 Å². The Morgan fingerprint density at radius 1 is 1.28 bits per heavy atom. The van der Waals surface area contributed by atoms with E-state index >= 15 is 0 Å². The topological polar surface area (TPSA) is 46.2 Å². The van der Waals surface area contributed by atoms with E-state index in [4.69, 9.17) is 0 Å². The van der Waals surface area contributed by atoms with E-state index in [0.29, 0.717) is 11.2 Å². The van der Waals surface area contributed by atoms with Gasteiger partial charge in [-0.15, -0.1) is 0 Å². The highest BCUT2D eigenvalue weighted by atomic mass is 79.9. The molecule has 108 valence electrons. The van der Waals surface area contributed by atoms with Crippen molar-refractivity contribution in [1.29, 1.82) is 0 Å². The highest BCUT2D eigenvalue weighted by Crippen LogP contribution is 2.34. The summed E-state index contributed by atoms with van der Waals surface area (Å²) in [4.78, 5) is 0. The predicted octanol–water partition coefficient (Wildman–Crippen LogP) is 3.30. The second-order valence-corrected chi connectivity index (χ2v) is 9.30. The summed E-state index contributed by atoms with van der Waals surface area (Å²) in [7, 11) is -3.21. The molecular formula is C13H26BrNO2S. The lowest BCUT2D eigenvalue weighted by atomic mass is 9.79. The molecule has 5 heteroatoms. The Balaban J connectivity index is 2.74. The van der Waals surface area contributed by atoms with Crippen LogP contribution in [0.4, 0.5) is 0 Å². The maximum atomic E-state index is 12.2. The van der Waals surface area contributed by atoms with Crippen molar-refractivity contribution in [2.24, 2.45) is 11.3 Å². The largest absolute Gasteiger partial charge is 0.212 e. The van der Waals surface area contributed by atoms with Gasteiger partial charge in [0.2, 0.25) is 10.0 Å². The van der Waals surface area contributed by atoms with E-state index in [1.807, 2.05) is 20.8 Å². The first-order chi connectivity index (χ1) is 8.08. The second kappa shape index (κ2) is 5.80. The van der Waals surface area contributed by atoms with Crippen LogP contribution in [-0.4, -0.2) is 25.0 Å². The fraction of sp³-hybridized carbons (Fsp3) is 1.00. The van der Waals surface area contributed by atoms with Gasteiger partial charge in [-0.05, 0) is 37.0 Å². The van der Waals surface area contributed by atoms with Crippen molar-refractivity contribution in [1.82, 2.24) is 4.72 Å². The van der Waals surface area contributed by atoms with Gasteiger partial charge in [-0.3, -0.25) is 0 Å². The highest BCUT2D eigenvalue weighted by molar-refractivity contribution is 9.09. The molecule has 1 saturated carbocycles. The molecule has 1 rings (SSSR count). The van der Waals surface area contributed by atoms with E-state index in [-0.39, 0.29) is 16.7 Å². The summed E-state index contributed by atoms with van der Waals surface area (Å²) >= 11 is 3.49. The summed E-state index contributed by atoms with van der Waals surface area (Å²) in [5.74, 6) is 0.897. The molecule has 0 saturated heterocycles. The number of rotatable bonds is 4. The molecule has 1 aliphatic rings. The molecule has 0 aromatic carbocycles. The monoisotopic (exact) mass is 339 g/mol. The van der Waals surface area contributed by atoms with Crippen LogP contribution in [0.1, 0.15) is 53.4 Å². The predicted molar refractivity (Wildman–Crippen MR) is 80.5 cm³/mol. The first-order valence-electron chi connectivity index (χ1n) is 6.65. The van der Waals surface area contributed by atoms with Crippen molar-refractivity contribution >= 4 is 26.0 Å². The van der Waals surface area contributed by atoms with Crippen molar-refractivity contribution in [2.45, 2.75) is 58.9 Å². The van der Waals surface area contributed by atoms with Gasteiger partial charge in [-0.1, -0.05) is 43.6 Å². The maximum absolute atomic E-state index is 12.2. The van der Waals surface area contributed by atoms with Crippen LogP contribution in [-0.2, 0) is 10.0 Å². The number of alkyl halides is 1. The molecule has 0 spiro atoms. The van der Waals surface area contributed by atoms with E-state index in [2.05, 4.69) is 27.6 Å². The van der Waals surface area contributed by atoms with E-state index in [0.717, 1.165) is 25.7 Å². The number of sulfonamides is 1. The molecule has 0 aliphatic heterocycles. The van der Waals surface area contributed by atoms with E-state index in [9.17, 15) is 8.42 Å². The molecule has 0 aromatic heterocycles. The summed E-state index contributed by atoms with van der Waals surface area (Å²) in [5.41, 5.74) is -0.474. The smallest absolute Gasteiger partial charge is 0.212 e. The fourth-order valence-electron chi connectivity index (χ4n) is 2.51. The SMILES string of the molecule is CC1CCC(CBr)(NS(=O)(=O)CC(C)(C)C)CC1. The molecular weight excluding hydrogens is 314 g/mol. The second-order valence-electron chi connectivity index (χ2n) is 7.02. The first-order valence-corrected chi connectivity index (χ1v) is 9.43. The zero-order chi connectivity index (χ0) is 14.0. The molecule has 0 heterocycles. The van der Waals surface area contributed by atoms with Gasteiger partial charge >= 0.3 is 0 Å². The summed E-state index contributed by atoms with van der Waals surface area (Å²) < 4.78 is 27.4. The lowest BCUT2D eigenvalue weighted by Gasteiger charge is -2.39. The third kappa shape index (κ3) is 5.17. The molecule has 1 N–H and O–H groups in total. The average molecular weight is 340 g/mol. The zero-order valence-corrected chi connectivity index (χ0v) is 14.3. The van der Waals surface area contributed by atoms with Gasteiger partial charge in [0, 0.05) is 10.9 Å². The Morgan fingerprint density at radius 2 is 1.78 bits per heavy atom. The Morgan fingerprint density at radius 3 is 2.17 bits per heavy atom. The summed E-state index contributed by atoms with van der Waals surface area (Å²) in [5, 5.41) is 0.704. The Hall–Kier alpha value is 0.390. The first kappa shape index (κ1) is 16.4. The van der Waals surface area contributed by atoms with Gasteiger partial charge in [-0.2, -0.15) is 0 Å². The van der Waals surface area contributed by atoms with Crippen LogP contribution in [0.25, 0.3) is 0 Å². The summed E-state index contributed by atoms with van der Waals surface area (Å²) in [6.07, 6.45) is 4.07. The molecule has 0 amide bonds. The molecule has 1 aliphatic carbocycles. The number of nitrogens with one attached hydrogen (secondary N) is 1. The van der Waals surface area contributed by atoms with Crippen LogP contribution >= 0.6 is 15.9 Å². The zero-order valence-electron chi connectivity index (χ0n) is 11.9. The molecule has 0 unspecified atom stereocenters.